The number of nitrogens with two attached hydrogens (primary N) is 2. The van der Waals surface area contributed by atoms with Gasteiger partial charge in [-0.15, -0.1) is 0 Å². The molecule has 7 heterocycles. The number of amides is 7. The third-order valence-corrected chi connectivity index (χ3v) is 18.4. The van der Waals surface area contributed by atoms with Crippen LogP contribution in [-0.2, 0) is 52.6 Å². The van der Waals surface area contributed by atoms with E-state index in [1.807, 2.05) is 13.8 Å². The fourth-order valence-corrected chi connectivity index (χ4v) is 12.9. The molecule has 101 heavy (non-hydrogen) atoms. The second-order valence-electron chi connectivity index (χ2n) is 25.7. The molecule has 18 atom stereocenters. The van der Waals surface area contributed by atoms with Crippen molar-refractivity contribution in [2.75, 3.05) is 13.7 Å². The number of carbonyl (C=O) groups is 8. The average molecular weight is 1450 g/mol. The van der Waals surface area contributed by atoms with E-state index < -0.39 is 237 Å². The number of benzene rings is 5. The minimum Gasteiger partial charge on any atom is -0.508 e. The van der Waals surface area contributed by atoms with Crippen LogP contribution in [0.25, 0.3) is 11.1 Å². The Hall–Kier alpha value is -9.20. The van der Waals surface area contributed by atoms with Gasteiger partial charge < -0.3 is 128 Å². The maximum absolute atomic E-state index is 16.0. The molecule has 11 bridgehead atoms. The van der Waals surface area contributed by atoms with E-state index in [1.165, 1.54) is 33.0 Å². The predicted octanol–water partition coefficient (Wildman–Crippen LogP) is 0.106. The number of fused-ring (bicyclic) bond motifs is 15. The Morgan fingerprint density at radius 3 is 1.90 bits per heavy atom. The minimum absolute atomic E-state index is 0.0975. The van der Waals surface area contributed by atoms with Crippen LogP contribution in [0.1, 0.15) is 105 Å². The molecule has 12 rings (SSSR count). The standard InChI is InChI=1S/C66H75Cl2N9O24/c1-23(2)12-34(71-5)58(88)76-49-51(83)26-7-10-38(32(67)14-26)97-40-16-28-17-41(55(40)101-65-56(54(86)53(85)42(22-78)99-65)100-44-21-66(4,70)57(87)24(3)96-44)98-39-11-8-27(15-33(39)68)52(84)50-63(93)75-48(64(94)95)31-18-29(79)19-37(81)45(31)30-13-25(6-9-36(30)80)46(60(90)77-50)74-61(91)47(28)73-59(89)35(20-43(69)82)72-62(49)92/h6-11,13-19,23-24,34-35,42,44,46-54,56-57,65,71,78-81,83-87H,12,20-22,70H2,1-5H3,(H2,69,82)(H,72,92)(H,73,89)(H,74,91)(H,75,93)(H,76,88)(H,77,90)(H,94,95)/t24-,34+,35?,42+,44-,46+,47+,48-,49?,50-,51+,52+,53+,54-,56+,57+,65-,66-/m0/s1. The number of phenolic OH excluding ortho intramolecular Hbond substituents is 3. The highest BCUT2D eigenvalue weighted by Crippen LogP contribution is 2.50. The maximum atomic E-state index is 16.0. The summed E-state index contributed by atoms with van der Waals surface area (Å²) in [7, 11) is 1.47. The van der Waals surface area contributed by atoms with Gasteiger partial charge in [-0.05, 0) is 110 Å². The minimum atomic E-state index is -2.35. The van der Waals surface area contributed by atoms with Crippen molar-refractivity contribution >= 4 is 70.5 Å². The number of halogens is 2. The fourth-order valence-electron chi connectivity index (χ4n) is 12.5. The number of carboxylic acids is 1. The first-order valence-electron chi connectivity index (χ1n) is 31.6. The first-order chi connectivity index (χ1) is 47.7. The molecule has 542 valence electrons. The molecule has 2 unspecified atom stereocenters. The highest BCUT2D eigenvalue weighted by molar-refractivity contribution is 6.32. The summed E-state index contributed by atoms with van der Waals surface area (Å²) in [5.41, 5.74) is 8.00. The Morgan fingerprint density at radius 2 is 1.32 bits per heavy atom. The van der Waals surface area contributed by atoms with Crippen LogP contribution >= 0.6 is 23.2 Å². The molecule has 7 aliphatic rings. The smallest absolute Gasteiger partial charge is 0.330 e. The van der Waals surface area contributed by atoms with E-state index >= 15 is 14.4 Å². The van der Waals surface area contributed by atoms with Crippen molar-refractivity contribution < 1.29 is 118 Å². The van der Waals surface area contributed by atoms with Gasteiger partial charge in [0.1, 0.15) is 89.5 Å². The third-order valence-electron chi connectivity index (χ3n) is 17.8. The summed E-state index contributed by atoms with van der Waals surface area (Å²) in [6.45, 7) is 5.66. The molecule has 2 saturated heterocycles. The first-order valence-corrected chi connectivity index (χ1v) is 32.4. The highest BCUT2D eigenvalue weighted by atomic mass is 35.5. The SMILES string of the molecule is CN[C@H](CC(C)C)C(=O)NC1C(=O)NC(CC(N)=O)C(=O)N[C@H]2C(=O)N[C@H]3C(=O)N[C@H](C(=O)N[C@H](C(=O)O)c4cc(O)cc(O)c4-c4cc3ccc4O)[C@H](O)c3ccc(c(Cl)c3)Oc3cc2cc(c3O[C@@H]2O[C@H](CO)[C@@H](O)[C@H](O)[C@H]2O[C@H]2C[C@](C)(N)[C@H](O)[C@H](C)O2)Oc2ccc(cc2Cl)[C@H]1O. The number of primary amides is 1. The number of aliphatic hydroxyl groups excluding tert-OH is 6. The lowest BCUT2D eigenvalue weighted by Crippen LogP contribution is -2.64. The number of carbonyl (C=O) groups excluding carboxylic acids is 7. The lowest BCUT2D eigenvalue weighted by atomic mass is 9.86. The maximum Gasteiger partial charge on any atom is 0.330 e. The van der Waals surface area contributed by atoms with E-state index in [0.717, 1.165) is 66.7 Å². The van der Waals surface area contributed by atoms with Crippen LogP contribution in [0.3, 0.4) is 0 Å². The number of aliphatic carboxylic acids is 1. The van der Waals surface area contributed by atoms with E-state index in [0.29, 0.717) is 0 Å². The van der Waals surface area contributed by atoms with Gasteiger partial charge in [-0.3, -0.25) is 33.6 Å². The zero-order chi connectivity index (χ0) is 73.5. The second-order valence-corrected chi connectivity index (χ2v) is 26.5. The van der Waals surface area contributed by atoms with Crippen molar-refractivity contribution in [3.63, 3.8) is 0 Å². The molecular weight excluding hydrogens is 1370 g/mol. The number of aromatic hydroxyl groups is 3. The van der Waals surface area contributed by atoms with E-state index in [-0.39, 0.29) is 46.2 Å². The summed E-state index contributed by atoms with van der Waals surface area (Å²) < 4.78 is 38.3. The number of rotatable bonds is 13. The van der Waals surface area contributed by atoms with Crippen LogP contribution in [0.5, 0.6) is 46.0 Å². The number of hydrogen-bond donors (Lipinski definition) is 19. The fraction of sp³-hybridized carbons (Fsp3) is 0.424. The molecule has 7 aliphatic heterocycles. The van der Waals surface area contributed by atoms with E-state index in [1.54, 1.807) is 0 Å². The van der Waals surface area contributed by atoms with Gasteiger partial charge in [-0.1, -0.05) is 55.2 Å². The van der Waals surface area contributed by atoms with Crippen LogP contribution in [0.15, 0.2) is 78.9 Å². The topological polar surface area (TPSA) is 530 Å². The van der Waals surface area contributed by atoms with Gasteiger partial charge in [0.15, 0.2) is 29.9 Å². The summed E-state index contributed by atoms with van der Waals surface area (Å²) >= 11 is 14.1. The molecule has 0 aromatic heterocycles. The molecule has 7 amide bonds. The number of nitrogens with one attached hydrogen (secondary N) is 7. The van der Waals surface area contributed by atoms with Crippen molar-refractivity contribution in [2.24, 2.45) is 17.4 Å². The van der Waals surface area contributed by atoms with Crippen LogP contribution in [0, 0.1) is 5.92 Å². The number of likely N-dealkylation sites (N-methyl/N-ethyl adjacent to an activating group) is 1. The lowest BCUT2D eigenvalue weighted by molar-refractivity contribution is -0.333. The van der Waals surface area contributed by atoms with E-state index in [2.05, 4.69) is 37.2 Å². The van der Waals surface area contributed by atoms with E-state index in [9.17, 15) is 75.0 Å². The number of hydrogen-bond acceptors (Lipinski definition) is 25. The largest absolute Gasteiger partial charge is 0.508 e. The average Bonchev–Trinajstić information content (AvgIpc) is 0.775. The number of ether oxygens (including phenoxy) is 6. The van der Waals surface area contributed by atoms with E-state index in [4.69, 9.17) is 63.1 Å². The normalized spacial score (nSPS) is 29.4. The van der Waals surface area contributed by atoms with Gasteiger partial charge in [0.05, 0.1) is 41.3 Å². The molecule has 33 nitrogen and oxygen atoms in total. The Morgan fingerprint density at radius 1 is 0.713 bits per heavy atom. The summed E-state index contributed by atoms with van der Waals surface area (Å²) in [6, 6.07) is -0.679. The van der Waals surface area contributed by atoms with Crippen molar-refractivity contribution in [1.29, 1.82) is 0 Å². The van der Waals surface area contributed by atoms with Crippen LogP contribution < -0.4 is 62.9 Å². The van der Waals surface area contributed by atoms with Gasteiger partial charge in [-0.2, -0.15) is 0 Å². The molecule has 0 spiro atoms. The summed E-state index contributed by atoms with van der Waals surface area (Å²) in [6.07, 6.45) is -18.6. The highest BCUT2D eigenvalue weighted by Gasteiger charge is 2.51. The Bertz CT molecular complexity index is 4070. The van der Waals surface area contributed by atoms with Crippen LogP contribution in [-0.4, -0.2) is 191 Å². The zero-order valence-electron chi connectivity index (χ0n) is 54.3. The van der Waals surface area contributed by atoms with Gasteiger partial charge in [0.2, 0.25) is 53.4 Å². The molecule has 0 saturated carbocycles. The molecule has 5 aromatic carbocycles. The summed E-state index contributed by atoms with van der Waals surface area (Å²) in [5, 5.41) is 131. The van der Waals surface area contributed by atoms with Gasteiger partial charge in [0, 0.05) is 34.7 Å². The molecule has 0 aliphatic carbocycles. The molecule has 21 N–H and O–H groups in total. The number of phenols is 3. The van der Waals surface area contributed by atoms with Crippen LogP contribution in [0.2, 0.25) is 10.0 Å². The Balaban J connectivity index is 1.24. The molecule has 0 radical (unpaired) electrons. The van der Waals surface area contributed by atoms with Crippen LogP contribution in [0.4, 0.5) is 0 Å². The Kier molecular flexibility index (Phi) is 22.2. The Labute approximate surface area is 584 Å². The van der Waals surface area contributed by atoms with Crippen molar-refractivity contribution in [2.45, 2.75) is 156 Å². The molecule has 2 fully saturated rings. The van der Waals surface area contributed by atoms with Crippen molar-refractivity contribution in [3.05, 3.63) is 117 Å². The van der Waals surface area contributed by atoms with Crippen molar-refractivity contribution in [1.82, 2.24) is 37.2 Å². The molecular formula is C66H75Cl2N9O24. The van der Waals surface area contributed by atoms with Gasteiger partial charge in [0.25, 0.3) is 0 Å². The second kappa shape index (κ2) is 30.2. The quantitative estimate of drug-likeness (QED) is 0.0743. The first kappa shape index (κ1) is 74.5. The monoisotopic (exact) mass is 1450 g/mol. The lowest BCUT2D eigenvalue weighted by Gasteiger charge is -2.47. The van der Waals surface area contributed by atoms with Gasteiger partial charge in [-0.25, -0.2) is 4.79 Å². The van der Waals surface area contributed by atoms with Crippen molar-refractivity contribution in [3.8, 4) is 57.1 Å². The summed E-state index contributed by atoms with van der Waals surface area (Å²) in [4.78, 5) is 117. The van der Waals surface area contributed by atoms with Gasteiger partial charge >= 0.3 is 5.97 Å². The third kappa shape index (κ3) is 15.8. The number of carboxylic acid groups (broad SMARTS) is 1. The molecule has 5 aromatic rings. The zero-order valence-corrected chi connectivity index (χ0v) is 55.8. The predicted molar refractivity (Wildman–Crippen MR) is 349 cm³/mol. The molecule has 35 heteroatoms. The number of aliphatic hydroxyl groups is 6. The summed E-state index contributed by atoms with van der Waals surface area (Å²) in [5.74, 6) is -16.0.